The van der Waals surface area contributed by atoms with Crippen LogP contribution in [-0.4, -0.2) is 0 Å². The second-order valence-electron chi connectivity index (χ2n) is 3.10. The highest BCUT2D eigenvalue weighted by molar-refractivity contribution is 9.11. The van der Waals surface area contributed by atoms with Crippen LogP contribution in [0.1, 0.15) is 22.0 Å². The molecule has 2 aromatic rings. The van der Waals surface area contributed by atoms with E-state index in [4.69, 9.17) is 10.2 Å². The second-order valence-corrected chi connectivity index (χ2v) is 5.73. The van der Waals surface area contributed by atoms with Crippen LogP contribution in [0.4, 0.5) is 0 Å². The van der Waals surface area contributed by atoms with Crippen LogP contribution in [0.25, 0.3) is 0 Å². The van der Waals surface area contributed by atoms with Gasteiger partial charge in [0.25, 0.3) is 0 Å². The van der Waals surface area contributed by atoms with E-state index in [2.05, 4.69) is 28.9 Å². The highest BCUT2D eigenvalue weighted by atomic mass is 79.9. The first kappa shape index (κ1) is 9.96. The van der Waals surface area contributed by atoms with Gasteiger partial charge in [0.1, 0.15) is 0 Å². The van der Waals surface area contributed by atoms with Crippen molar-refractivity contribution in [3.63, 3.8) is 0 Å². The highest BCUT2D eigenvalue weighted by Gasteiger charge is 2.14. The molecular formula is C10H10BrNOS. The summed E-state index contributed by atoms with van der Waals surface area (Å²) in [6.45, 7) is 2.07. The number of furan rings is 1. The van der Waals surface area contributed by atoms with Crippen molar-refractivity contribution < 1.29 is 4.42 Å². The third-order valence-corrected chi connectivity index (χ3v) is 3.73. The predicted octanol–water partition coefficient (Wildman–Crippen LogP) is 3.46. The van der Waals surface area contributed by atoms with E-state index in [9.17, 15) is 0 Å². The Hall–Kier alpha value is -0.580. The molecule has 0 radical (unpaired) electrons. The summed E-state index contributed by atoms with van der Waals surface area (Å²) in [6, 6.07) is 3.88. The fraction of sp³-hybridized carbons (Fsp3) is 0.200. The van der Waals surface area contributed by atoms with Crippen LogP contribution in [0.5, 0.6) is 0 Å². The van der Waals surface area contributed by atoms with E-state index >= 15 is 0 Å². The van der Waals surface area contributed by atoms with E-state index in [1.807, 2.05) is 6.07 Å². The number of hydrogen-bond acceptors (Lipinski definition) is 3. The molecule has 2 rings (SSSR count). The smallest absolute Gasteiger partial charge is 0.0953 e. The van der Waals surface area contributed by atoms with Crippen LogP contribution in [0.2, 0.25) is 0 Å². The van der Waals surface area contributed by atoms with Gasteiger partial charge in [-0.05, 0) is 40.5 Å². The second kappa shape index (κ2) is 3.88. The molecule has 0 aliphatic carbocycles. The Labute approximate surface area is 94.9 Å². The zero-order valence-electron chi connectivity index (χ0n) is 7.66. The van der Waals surface area contributed by atoms with E-state index in [-0.39, 0.29) is 6.04 Å². The lowest BCUT2D eigenvalue weighted by molar-refractivity contribution is 0.562. The summed E-state index contributed by atoms with van der Waals surface area (Å²) in [4.78, 5) is 1.24. The lowest BCUT2D eigenvalue weighted by atomic mass is 10.0. The Bertz CT molecular complexity index is 421. The number of nitrogens with two attached hydrogens (primary N) is 1. The minimum Gasteiger partial charge on any atom is -0.472 e. The van der Waals surface area contributed by atoms with Crippen molar-refractivity contribution in [2.75, 3.05) is 0 Å². The monoisotopic (exact) mass is 271 g/mol. The summed E-state index contributed by atoms with van der Waals surface area (Å²) < 4.78 is 6.13. The van der Waals surface area contributed by atoms with Gasteiger partial charge in [0.2, 0.25) is 0 Å². The average molecular weight is 272 g/mol. The molecule has 0 bridgehead atoms. The minimum absolute atomic E-state index is 0.0868. The van der Waals surface area contributed by atoms with Crippen molar-refractivity contribution in [2.24, 2.45) is 5.73 Å². The fourth-order valence-corrected chi connectivity index (χ4v) is 3.16. The molecule has 1 atom stereocenters. The summed E-state index contributed by atoms with van der Waals surface area (Å²) >= 11 is 5.15. The van der Waals surface area contributed by atoms with Gasteiger partial charge in [-0.15, -0.1) is 11.3 Å². The Morgan fingerprint density at radius 2 is 2.36 bits per heavy atom. The molecule has 0 fully saturated rings. The normalized spacial score (nSPS) is 13.1. The van der Waals surface area contributed by atoms with Crippen molar-refractivity contribution in [3.8, 4) is 0 Å². The van der Waals surface area contributed by atoms with Crippen molar-refractivity contribution in [3.05, 3.63) is 44.4 Å². The Morgan fingerprint density at radius 1 is 1.57 bits per heavy atom. The zero-order valence-corrected chi connectivity index (χ0v) is 10.1. The van der Waals surface area contributed by atoms with E-state index in [1.54, 1.807) is 23.9 Å². The summed E-state index contributed by atoms with van der Waals surface area (Å²) in [5.41, 5.74) is 8.27. The number of thiophene rings is 1. The first-order valence-corrected chi connectivity index (χ1v) is 5.83. The maximum atomic E-state index is 6.10. The summed E-state index contributed by atoms with van der Waals surface area (Å²) in [7, 11) is 0. The average Bonchev–Trinajstić information content (AvgIpc) is 2.73. The molecule has 0 saturated carbocycles. The Morgan fingerprint density at radius 3 is 2.86 bits per heavy atom. The maximum Gasteiger partial charge on any atom is 0.0953 e. The third-order valence-electron chi connectivity index (χ3n) is 2.16. The molecule has 0 aliphatic heterocycles. The van der Waals surface area contributed by atoms with Gasteiger partial charge < -0.3 is 10.2 Å². The van der Waals surface area contributed by atoms with Crippen LogP contribution in [-0.2, 0) is 0 Å². The molecule has 0 saturated heterocycles. The summed E-state index contributed by atoms with van der Waals surface area (Å²) in [5.74, 6) is 0. The number of rotatable bonds is 2. The molecule has 4 heteroatoms. The van der Waals surface area contributed by atoms with Crippen molar-refractivity contribution in [1.82, 2.24) is 0 Å². The number of aryl methyl sites for hydroxylation is 1. The Balaban J connectivity index is 2.36. The molecule has 0 spiro atoms. The van der Waals surface area contributed by atoms with Gasteiger partial charge >= 0.3 is 0 Å². The first-order chi connectivity index (χ1) is 6.68. The highest BCUT2D eigenvalue weighted by Crippen LogP contribution is 2.32. The molecule has 0 amide bonds. The number of hydrogen-bond donors (Lipinski definition) is 1. The molecular weight excluding hydrogens is 262 g/mol. The van der Waals surface area contributed by atoms with E-state index in [0.717, 1.165) is 14.9 Å². The largest absolute Gasteiger partial charge is 0.472 e. The van der Waals surface area contributed by atoms with Crippen LogP contribution in [0, 0.1) is 6.92 Å². The van der Waals surface area contributed by atoms with Crippen molar-refractivity contribution in [1.29, 1.82) is 0 Å². The Kier molecular flexibility index (Phi) is 2.76. The lowest BCUT2D eigenvalue weighted by Gasteiger charge is -2.08. The molecule has 0 aliphatic rings. The maximum absolute atomic E-state index is 6.10. The molecule has 2 nitrogen and oxygen atoms in total. The van der Waals surface area contributed by atoms with Crippen LogP contribution in [0.3, 0.4) is 0 Å². The van der Waals surface area contributed by atoms with Gasteiger partial charge in [-0.2, -0.15) is 0 Å². The summed E-state index contributed by atoms with van der Waals surface area (Å²) in [6.07, 6.45) is 3.33. The summed E-state index contributed by atoms with van der Waals surface area (Å²) in [5, 5.41) is 0. The van der Waals surface area contributed by atoms with Crippen LogP contribution >= 0.6 is 27.3 Å². The molecule has 2 aromatic heterocycles. The molecule has 2 N–H and O–H groups in total. The standard InChI is InChI=1S/C10H10BrNOS/c1-6-8(4-9(11)14-6)10(12)7-2-3-13-5-7/h2-5,10H,12H2,1H3. The SMILES string of the molecule is Cc1sc(Br)cc1C(N)c1ccoc1. The van der Waals surface area contributed by atoms with Crippen LogP contribution < -0.4 is 5.73 Å². The van der Waals surface area contributed by atoms with E-state index in [1.165, 1.54) is 4.88 Å². The van der Waals surface area contributed by atoms with Gasteiger partial charge in [0, 0.05) is 10.4 Å². The van der Waals surface area contributed by atoms with Gasteiger partial charge in [0.05, 0.1) is 22.4 Å². The first-order valence-electron chi connectivity index (χ1n) is 4.22. The molecule has 0 aromatic carbocycles. The minimum atomic E-state index is -0.0868. The lowest BCUT2D eigenvalue weighted by Crippen LogP contribution is -2.10. The molecule has 74 valence electrons. The van der Waals surface area contributed by atoms with E-state index < -0.39 is 0 Å². The van der Waals surface area contributed by atoms with Crippen molar-refractivity contribution in [2.45, 2.75) is 13.0 Å². The predicted molar refractivity (Wildman–Crippen MR) is 61.5 cm³/mol. The van der Waals surface area contributed by atoms with Gasteiger partial charge in [-0.3, -0.25) is 0 Å². The topological polar surface area (TPSA) is 39.2 Å². The van der Waals surface area contributed by atoms with Gasteiger partial charge in [-0.1, -0.05) is 0 Å². The van der Waals surface area contributed by atoms with Crippen LogP contribution in [0.15, 0.2) is 32.9 Å². The third kappa shape index (κ3) is 1.78. The zero-order chi connectivity index (χ0) is 10.1. The molecule has 1 unspecified atom stereocenters. The fourth-order valence-electron chi connectivity index (χ4n) is 1.40. The van der Waals surface area contributed by atoms with Gasteiger partial charge in [0.15, 0.2) is 0 Å². The quantitative estimate of drug-likeness (QED) is 0.909. The van der Waals surface area contributed by atoms with Crippen molar-refractivity contribution >= 4 is 27.3 Å². The number of halogens is 1. The molecule has 14 heavy (non-hydrogen) atoms. The van der Waals surface area contributed by atoms with Gasteiger partial charge in [-0.25, -0.2) is 0 Å². The molecule has 2 heterocycles. The van der Waals surface area contributed by atoms with E-state index in [0.29, 0.717) is 0 Å².